The zero-order chi connectivity index (χ0) is 13.9. The van der Waals surface area contributed by atoms with Gasteiger partial charge in [-0.1, -0.05) is 30.3 Å². The predicted octanol–water partition coefficient (Wildman–Crippen LogP) is 3.15. The number of aliphatic hydroxyl groups is 1. The average molecular weight is 361 g/mol. The maximum absolute atomic E-state index is 9.79. The molecule has 0 bridgehead atoms. The van der Waals surface area contributed by atoms with Crippen LogP contribution in [0.5, 0.6) is 0 Å². The van der Waals surface area contributed by atoms with Crippen LogP contribution in [0.25, 0.3) is 10.4 Å². The quantitative estimate of drug-likeness (QED) is 0.883. The van der Waals surface area contributed by atoms with Gasteiger partial charge < -0.3 is 10.8 Å². The molecule has 1 aliphatic rings. The zero-order valence-electron chi connectivity index (χ0n) is 12.2. The number of benzene rings is 1. The van der Waals surface area contributed by atoms with Gasteiger partial charge in [-0.25, -0.2) is 0 Å². The number of piperidine rings is 1. The van der Waals surface area contributed by atoms with Gasteiger partial charge in [0.15, 0.2) is 0 Å². The van der Waals surface area contributed by atoms with Crippen molar-refractivity contribution in [2.45, 2.75) is 25.1 Å². The summed E-state index contributed by atoms with van der Waals surface area (Å²) in [7, 11) is 0. The van der Waals surface area contributed by atoms with E-state index in [1.54, 1.807) is 0 Å². The smallest absolute Gasteiger partial charge is 0.0682 e. The molecule has 0 spiro atoms. The third kappa shape index (κ3) is 4.95. The number of nitrogens with zero attached hydrogens (tertiary/aromatic N) is 1. The molecule has 1 saturated heterocycles. The average Bonchev–Trinajstić information content (AvgIpc) is 2.87. The lowest BCUT2D eigenvalue weighted by Crippen LogP contribution is -2.48. The fourth-order valence-corrected chi connectivity index (χ4v) is 3.83. The molecule has 2 heterocycles. The SMILES string of the molecule is Cl.Cl.N[C@H]1C[C@@H](O)CN(Cc2ccc(-c3ccccc3)s2)C1. The summed E-state index contributed by atoms with van der Waals surface area (Å²) in [4.78, 5) is 4.87. The molecule has 0 amide bonds. The Morgan fingerprint density at radius 3 is 2.50 bits per heavy atom. The summed E-state index contributed by atoms with van der Waals surface area (Å²) in [5.74, 6) is 0. The van der Waals surface area contributed by atoms with Crippen LogP contribution in [0, 0.1) is 0 Å². The molecule has 3 nitrogen and oxygen atoms in total. The van der Waals surface area contributed by atoms with E-state index < -0.39 is 0 Å². The maximum atomic E-state index is 9.79. The number of rotatable bonds is 3. The Labute approximate surface area is 148 Å². The summed E-state index contributed by atoms with van der Waals surface area (Å²) in [5.41, 5.74) is 7.23. The van der Waals surface area contributed by atoms with E-state index in [-0.39, 0.29) is 37.0 Å². The first-order valence-corrected chi connectivity index (χ1v) is 7.82. The molecule has 122 valence electrons. The molecule has 3 rings (SSSR count). The summed E-state index contributed by atoms with van der Waals surface area (Å²) in [6.07, 6.45) is 0.434. The van der Waals surface area contributed by atoms with E-state index in [2.05, 4.69) is 41.3 Å². The molecule has 22 heavy (non-hydrogen) atoms. The van der Waals surface area contributed by atoms with Crippen molar-refractivity contribution in [3.05, 3.63) is 47.3 Å². The summed E-state index contributed by atoms with van der Waals surface area (Å²) in [6.45, 7) is 2.48. The van der Waals surface area contributed by atoms with E-state index in [4.69, 9.17) is 5.73 Å². The van der Waals surface area contributed by atoms with Crippen LogP contribution < -0.4 is 5.73 Å². The normalized spacial score (nSPS) is 21.7. The van der Waals surface area contributed by atoms with Gasteiger partial charge in [-0.2, -0.15) is 0 Å². The lowest BCUT2D eigenvalue weighted by atomic mass is 10.0. The number of thiophene rings is 1. The van der Waals surface area contributed by atoms with Gasteiger partial charge in [0.05, 0.1) is 6.10 Å². The highest BCUT2D eigenvalue weighted by Gasteiger charge is 2.23. The van der Waals surface area contributed by atoms with Crippen LogP contribution in [0.2, 0.25) is 0 Å². The van der Waals surface area contributed by atoms with E-state index in [9.17, 15) is 5.11 Å². The lowest BCUT2D eigenvalue weighted by Gasteiger charge is -2.33. The van der Waals surface area contributed by atoms with Gasteiger partial charge in [-0.05, 0) is 24.1 Å². The first-order chi connectivity index (χ1) is 9.70. The van der Waals surface area contributed by atoms with E-state index in [1.807, 2.05) is 17.4 Å². The largest absolute Gasteiger partial charge is 0.392 e. The molecule has 3 N–H and O–H groups in total. The molecule has 1 fully saturated rings. The fraction of sp³-hybridized carbons (Fsp3) is 0.375. The number of aliphatic hydroxyl groups excluding tert-OH is 1. The minimum Gasteiger partial charge on any atom is -0.392 e. The number of halogens is 2. The van der Waals surface area contributed by atoms with Crippen molar-refractivity contribution in [2.75, 3.05) is 13.1 Å². The number of hydrogen-bond acceptors (Lipinski definition) is 4. The topological polar surface area (TPSA) is 49.5 Å². The highest BCUT2D eigenvalue weighted by molar-refractivity contribution is 7.15. The summed E-state index contributed by atoms with van der Waals surface area (Å²) in [5, 5.41) is 9.79. The van der Waals surface area contributed by atoms with Gasteiger partial charge in [-0.3, -0.25) is 4.90 Å². The van der Waals surface area contributed by atoms with Gasteiger partial charge in [0.1, 0.15) is 0 Å². The standard InChI is InChI=1S/C16H20N2OS.2ClH/c17-13-8-14(19)10-18(9-13)11-15-6-7-16(20-15)12-4-2-1-3-5-12;;/h1-7,13-14,19H,8-11,17H2;2*1H/t13-,14+;;/m0../s1. The van der Waals surface area contributed by atoms with Crippen LogP contribution in [-0.2, 0) is 6.54 Å². The van der Waals surface area contributed by atoms with Crippen LogP contribution in [-0.4, -0.2) is 35.2 Å². The molecular weight excluding hydrogens is 339 g/mol. The van der Waals surface area contributed by atoms with Crippen molar-refractivity contribution in [1.82, 2.24) is 4.90 Å². The van der Waals surface area contributed by atoms with Crippen LogP contribution in [0.3, 0.4) is 0 Å². The highest BCUT2D eigenvalue weighted by Crippen LogP contribution is 2.29. The summed E-state index contributed by atoms with van der Waals surface area (Å²) in [6, 6.07) is 14.9. The molecule has 1 aromatic heterocycles. The number of likely N-dealkylation sites (tertiary alicyclic amines) is 1. The maximum Gasteiger partial charge on any atom is 0.0682 e. The van der Waals surface area contributed by atoms with Crippen LogP contribution >= 0.6 is 36.2 Å². The molecule has 2 atom stereocenters. The van der Waals surface area contributed by atoms with Crippen molar-refractivity contribution < 1.29 is 5.11 Å². The minimum absolute atomic E-state index is 0. The minimum atomic E-state index is -0.285. The number of β-amino-alcohol motifs (C(OH)–C–C–N with tert-alkyl or cyclic N) is 1. The molecular formula is C16H22Cl2N2OS. The van der Waals surface area contributed by atoms with Gasteiger partial charge >= 0.3 is 0 Å². The Morgan fingerprint density at radius 1 is 1.09 bits per heavy atom. The van der Waals surface area contributed by atoms with E-state index in [1.165, 1.54) is 15.3 Å². The molecule has 0 radical (unpaired) electrons. The van der Waals surface area contributed by atoms with Crippen molar-refractivity contribution in [1.29, 1.82) is 0 Å². The van der Waals surface area contributed by atoms with E-state index in [0.717, 1.165) is 26.1 Å². The highest BCUT2D eigenvalue weighted by atomic mass is 35.5. The Balaban J connectivity index is 0.00000121. The van der Waals surface area contributed by atoms with E-state index >= 15 is 0 Å². The fourth-order valence-electron chi connectivity index (χ4n) is 2.77. The zero-order valence-corrected chi connectivity index (χ0v) is 14.7. The summed E-state index contributed by atoms with van der Waals surface area (Å²) >= 11 is 1.82. The van der Waals surface area contributed by atoms with Crippen LogP contribution in [0.4, 0.5) is 0 Å². The second-order valence-electron chi connectivity index (χ2n) is 5.48. The number of nitrogens with two attached hydrogens (primary N) is 1. The molecule has 2 aromatic rings. The Bertz CT molecular complexity index is 554. The first kappa shape index (κ1) is 19.4. The van der Waals surface area contributed by atoms with Crippen molar-refractivity contribution in [2.24, 2.45) is 5.73 Å². The molecule has 0 unspecified atom stereocenters. The first-order valence-electron chi connectivity index (χ1n) is 7.01. The van der Waals surface area contributed by atoms with Gasteiger partial charge in [0, 0.05) is 35.4 Å². The van der Waals surface area contributed by atoms with Gasteiger partial charge in [0.2, 0.25) is 0 Å². The van der Waals surface area contributed by atoms with Crippen molar-refractivity contribution in [3.63, 3.8) is 0 Å². The molecule has 6 heteroatoms. The van der Waals surface area contributed by atoms with Gasteiger partial charge in [0.25, 0.3) is 0 Å². The Kier molecular flexibility index (Phi) is 7.83. The predicted molar refractivity (Wildman–Crippen MR) is 98.1 cm³/mol. The third-order valence-electron chi connectivity index (χ3n) is 3.64. The third-order valence-corrected chi connectivity index (χ3v) is 4.75. The van der Waals surface area contributed by atoms with Crippen molar-refractivity contribution in [3.8, 4) is 10.4 Å². The van der Waals surface area contributed by atoms with Crippen LogP contribution in [0.1, 0.15) is 11.3 Å². The Hall–Kier alpha value is -0.620. The molecule has 1 aromatic carbocycles. The van der Waals surface area contributed by atoms with Crippen molar-refractivity contribution >= 4 is 36.2 Å². The molecule has 0 aliphatic carbocycles. The molecule has 0 saturated carbocycles. The van der Waals surface area contributed by atoms with Gasteiger partial charge in [-0.15, -0.1) is 36.2 Å². The number of hydrogen-bond donors (Lipinski definition) is 2. The second kappa shape index (κ2) is 8.87. The Morgan fingerprint density at radius 2 is 1.82 bits per heavy atom. The second-order valence-corrected chi connectivity index (χ2v) is 6.64. The monoisotopic (exact) mass is 360 g/mol. The van der Waals surface area contributed by atoms with Crippen LogP contribution in [0.15, 0.2) is 42.5 Å². The summed E-state index contributed by atoms with van der Waals surface area (Å²) < 4.78 is 0. The van der Waals surface area contributed by atoms with E-state index in [0.29, 0.717) is 0 Å². The molecule has 1 aliphatic heterocycles. The lowest BCUT2D eigenvalue weighted by molar-refractivity contribution is 0.0570.